The molecule has 0 aliphatic heterocycles. The number of carboxylic acid groups (broad SMARTS) is 1. The van der Waals surface area contributed by atoms with E-state index in [0.29, 0.717) is 18.9 Å². The molecule has 1 aromatic heterocycles. The highest BCUT2D eigenvalue weighted by molar-refractivity contribution is 5.67. The third kappa shape index (κ3) is 4.91. The van der Waals surface area contributed by atoms with Gasteiger partial charge in [-0.3, -0.25) is 5.01 Å². The van der Waals surface area contributed by atoms with Gasteiger partial charge in [0.05, 0.1) is 0 Å². The molecule has 1 heterocycles. The van der Waals surface area contributed by atoms with Crippen LogP contribution in [0.4, 0.5) is 10.6 Å². The second-order valence-electron chi connectivity index (χ2n) is 5.58. The normalized spacial score (nSPS) is 10.5. The van der Waals surface area contributed by atoms with E-state index in [1.165, 1.54) is 11.2 Å². The second kappa shape index (κ2) is 7.43. The Kier molecular flexibility index (Phi) is 5.91. The lowest BCUT2D eigenvalue weighted by Gasteiger charge is -2.35. The van der Waals surface area contributed by atoms with Crippen molar-refractivity contribution in [2.24, 2.45) is 11.8 Å². The van der Waals surface area contributed by atoms with E-state index < -0.39 is 6.09 Å². The van der Waals surface area contributed by atoms with E-state index in [-0.39, 0.29) is 17.7 Å². The van der Waals surface area contributed by atoms with E-state index in [9.17, 15) is 9.90 Å². The van der Waals surface area contributed by atoms with Crippen molar-refractivity contribution in [3.8, 4) is 6.07 Å². The zero-order valence-corrected chi connectivity index (χ0v) is 12.8. The summed E-state index contributed by atoms with van der Waals surface area (Å²) in [5.41, 5.74) is 0. The summed E-state index contributed by atoms with van der Waals surface area (Å²) in [7, 11) is 0. The first kappa shape index (κ1) is 16.7. The number of nitrogens with zero attached hydrogens (tertiary/aromatic N) is 5. The molecular weight excluding hydrogens is 270 g/mol. The minimum Gasteiger partial charge on any atom is -0.464 e. The Labute approximate surface area is 124 Å². The van der Waals surface area contributed by atoms with Crippen LogP contribution in [-0.2, 0) is 0 Å². The molecule has 0 bridgehead atoms. The number of anilines is 1. The van der Waals surface area contributed by atoms with E-state index in [2.05, 4.69) is 9.97 Å². The van der Waals surface area contributed by atoms with Crippen LogP contribution in [0.2, 0.25) is 0 Å². The molecule has 0 saturated heterocycles. The summed E-state index contributed by atoms with van der Waals surface area (Å²) < 4.78 is 0. The fourth-order valence-electron chi connectivity index (χ4n) is 1.83. The summed E-state index contributed by atoms with van der Waals surface area (Å²) in [5, 5.41) is 21.2. The molecule has 0 aromatic carbocycles. The Morgan fingerprint density at radius 1 is 1.33 bits per heavy atom. The fourth-order valence-corrected chi connectivity index (χ4v) is 1.83. The van der Waals surface area contributed by atoms with Crippen LogP contribution in [0.3, 0.4) is 0 Å². The van der Waals surface area contributed by atoms with Crippen LogP contribution in [0.15, 0.2) is 12.3 Å². The van der Waals surface area contributed by atoms with Gasteiger partial charge in [0.1, 0.15) is 6.07 Å². The number of carbonyl (C=O) groups is 1. The van der Waals surface area contributed by atoms with Gasteiger partial charge in [-0.25, -0.2) is 14.8 Å². The zero-order chi connectivity index (χ0) is 16.0. The molecule has 0 aliphatic rings. The number of rotatable bonds is 6. The monoisotopic (exact) mass is 291 g/mol. The lowest BCUT2D eigenvalue weighted by Crippen LogP contribution is -2.49. The molecule has 21 heavy (non-hydrogen) atoms. The van der Waals surface area contributed by atoms with Crippen LogP contribution in [-0.4, -0.2) is 39.3 Å². The molecule has 0 atom stereocenters. The zero-order valence-electron chi connectivity index (χ0n) is 12.8. The topological polar surface area (TPSA) is 93.4 Å². The minimum atomic E-state index is -1.04. The van der Waals surface area contributed by atoms with Crippen LogP contribution >= 0.6 is 0 Å². The van der Waals surface area contributed by atoms with Crippen molar-refractivity contribution in [3.63, 3.8) is 0 Å². The van der Waals surface area contributed by atoms with Gasteiger partial charge in [-0.05, 0) is 11.8 Å². The number of nitriles is 1. The Bertz CT molecular complexity index is 524. The molecule has 0 saturated carbocycles. The predicted molar refractivity (Wildman–Crippen MR) is 78.5 cm³/mol. The number of hydrazine groups is 1. The molecule has 1 N–H and O–H groups in total. The highest BCUT2D eigenvalue weighted by Gasteiger charge is 2.24. The van der Waals surface area contributed by atoms with Crippen LogP contribution in [0.25, 0.3) is 0 Å². The quantitative estimate of drug-likeness (QED) is 0.809. The standard InChI is InChI=1S/C14H21N5O2/c1-10(2)8-18(19(14(20)21)9-11(3)4)13-5-6-16-12(7-15)17-13/h5-6,10-11H,8-9H2,1-4H3,(H,20,21). The summed E-state index contributed by atoms with van der Waals surface area (Å²) in [4.78, 5) is 19.5. The van der Waals surface area contributed by atoms with Crippen molar-refractivity contribution in [2.75, 3.05) is 18.1 Å². The number of hydrogen-bond acceptors (Lipinski definition) is 5. The number of amides is 1. The number of aromatic nitrogens is 2. The summed E-state index contributed by atoms with van der Waals surface area (Å²) >= 11 is 0. The molecule has 0 aliphatic carbocycles. The van der Waals surface area contributed by atoms with Crippen LogP contribution in [0.5, 0.6) is 0 Å². The minimum absolute atomic E-state index is 0.0242. The van der Waals surface area contributed by atoms with Gasteiger partial charge in [0.2, 0.25) is 5.82 Å². The average molecular weight is 291 g/mol. The first-order chi connectivity index (χ1) is 9.85. The summed E-state index contributed by atoms with van der Waals surface area (Å²) in [6, 6.07) is 3.48. The lowest BCUT2D eigenvalue weighted by molar-refractivity contribution is 0.130. The number of hydrogen-bond donors (Lipinski definition) is 1. The van der Waals surface area contributed by atoms with Gasteiger partial charge in [0.15, 0.2) is 5.82 Å². The molecule has 0 spiro atoms. The van der Waals surface area contributed by atoms with Crippen molar-refractivity contribution >= 4 is 11.9 Å². The highest BCUT2D eigenvalue weighted by atomic mass is 16.4. The summed E-state index contributed by atoms with van der Waals surface area (Å²) in [6.45, 7) is 8.73. The molecule has 7 heteroatoms. The first-order valence-corrected chi connectivity index (χ1v) is 6.86. The van der Waals surface area contributed by atoms with Gasteiger partial charge in [0.25, 0.3) is 0 Å². The van der Waals surface area contributed by atoms with Crippen LogP contribution in [0, 0.1) is 23.2 Å². The smallest absolute Gasteiger partial charge is 0.426 e. The molecule has 0 radical (unpaired) electrons. The largest absolute Gasteiger partial charge is 0.464 e. The predicted octanol–water partition coefficient (Wildman–Crippen LogP) is 2.36. The van der Waals surface area contributed by atoms with Gasteiger partial charge in [-0.15, -0.1) is 0 Å². The average Bonchev–Trinajstić information content (AvgIpc) is 2.42. The van der Waals surface area contributed by atoms with Gasteiger partial charge in [0, 0.05) is 25.4 Å². The maximum Gasteiger partial charge on any atom is 0.426 e. The van der Waals surface area contributed by atoms with Gasteiger partial charge >= 0.3 is 6.09 Å². The van der Waals surface area contributed by atoms with Crippen molar-refractivity contribution in [1.82, 2.24) is 15.0 Å². The molecule has 7 nitrogen and oxygen atoms in total. The van der Waals surface area contributed by atoms with Crippen molar-refractivity contribution < 1.29 is 9.90 Å². The van der Waals surface area contributed by atoms with Gasteiger partial charge in [-0.2, -0.15) is 10.2 Å². The molecule has 114 valence electrons. The first-order valence-electron chi connectivity index (χ1n) is 6.86. The van der Waals surface area contributed by atoms with Gasteiger partial charge in [-0.1, -0.05) is 27.7 Å². The van der Waals surface area contributed by atoms with E-state index in [1.807, 2.05) is 33.8 Å². The van der Waals surface area contributed by atoms with Crippen molar-refractivity contribution in [1.29, 1.82) is 5.26 Å². The lowest BCUT2D eigenvalue weighted by atomic mass is 10.2. The van der Waals surface area contributed by atoms with E-state index in [1.54, 1.807) is 11.1 Å². The van der Waals surface area contributed by atoms with Gasteiger partial charge < -0.3 is 5.11 Å². The second-order valence-corrected chi connectivity index (χ2v) is 5.58. The molecule has 1 aromatic rings. The third-order valence-electron chi connectivity index (χ3n) is 2.59. The molecule has 0 fully saturated rings. The van der Waals surface area contributed by atoms with Crippen molar-refractivity contribution in [3.05, 3.63) is 18.1 Å². The van der Waals surface area contributed by atoms with E-state index in [4.69, 9.17) is 5.26 Å². The Morgan fingerprint density at radius 2 is 1.95 bits per heavy atom. The summed E-state index contributed by atoms with van der Waals surface area (Å²) in [6.07, 6.45) is 0.422. The van der Waals surface area contributed by atoms with Crippen LogP contribution < -0.4 is 5.01 Å². The molecule has 1 amide bonds. The Morgan fingerprint density at radius 3 is 2.43 bits per heavy atom. The maximum absolute atomic E-state index is 11.6. The SMILES string of the molecule is CC(C)CN(C(=O)O)N(CC(C)C)c1ccnc(C#N)n1. The van der Waals surface area contributed by atoms with Crippen LogP contribution in [0.1, 0.15) is 33.5 Å². The highest BCUT2D eigenvalue weighted by Crippen LogP contribution is 2.17. The molecule has 0 unspecified atom stereocenters. The van der Waals surface area contributed by atoms with E-state index in [0.717, 1.165) is 0 Å². The third-order valence-corrected chi connectivity index (χ3v) is 2.59. The van der Waals surface area contributed by atoms with E-state index >= 15 is 0 Å². The summed E-state index contributed by atoms with van der Waals surface area (Å²) in [5.74, 6) is 0.849. The van der Waals surface area contributed by atoms with Crippen molar-refractivity contribution in [2.45, 2.75) is 27.7 Å². The Balaban J connectivity index is 3.18. The maximum atomic E-state index is 11.6. The fraction of sp³-hybridized carbons (Fsp3) is 0.571. The molecule has 1 rings (SSSR count). The Hall–Kier alpha value is -2.36. The molecular formula is C14H21N5O2.